The summed E-state index contributed by atoms with van der Waals surface area (Å²) in [7, 11) is 0. The number of fused-ring (bicyclic) bond motifs is 1. The Labute approximate surface area is 97.8 Å². The fraction of sp³-hybridized carbons (Fsp3) is 0.333. The lowest BCUT2D eigenvalue weighted by Gasteiger charge is -2.18. The van der Waals surface area contributed by atoms with Crippen molar-refractivity contribution in [2.45, 2.75) is 20.3 Å². The Morgan fingerprint density at radius 2 is 2.25 bits per heavy atom. The Morgan fingerprint density at radius 3 is 2.94 bits per heavy atom. The molecule has 0 aliphatic carbocycles. The molecular formula is C12H13NO2S. The van der Waals surface area contributed by atoms with Crippen molar-refractivity contribution in [3.63, 3.8) is 0 Å². The van der Waals surface area contributed by atoms with E-state index in [2.05, 4.69) is 4.98 Å². The molecule has 0 aliphatic heterocycles. The fourth-order valence-electron chi connectivity index (χ4n) is 1.60. The lowest BCUT2D eigenvalue weighted by atomic mass is 9.86. The van der Waals surface area contributed by atoms with E-state index in [1.54, 1.807) is 30.7 Å². The first-order chi connectivity index (χ1) is 7.49. The number of thiazole rings is 1. The molecule has 0 saturated carbocycles. The average Bonchev–Trinajstić information content (AvgIpc) is 2.63. The number of benzene rings is 1. The van der Waals surface area contributed by atoms with Gasteiger partial charge in [-0.25, -0.2) is 4.98 Å². The van der Waals surface area contributed by atoms with E-state index >= 15 is 0 Å². The van der Waals surface area contributed by atoms with Crippen molar-refractivity contribution in [3.05, 3.63) is 29.3 Å². The van der Waals surface area contributed by atoms with Crippen LogP contribution in [0.5, 0.6) is 0 Å². The first-order valence-electron chi connectivity index (χ1n) is 5.04. The van der Waals surface area contributed by atoms with E-state index in [1.165, 1.54) is 0 Å². The summed E-state index contributed by atoms with van der Waals surface area (Å²) in [6, 6.07) is 5.95. The number of carboxylic acid groups (broad SMARTS) is 1. The number of nitrogens with zero attached hydrogens (tertiary/aromatic N) is 1. The van der Waals surface area contributed by atoms with Gasteiger partial charge in [-0.05, 0) is 38.0 Å². The van der Waals surface area contributed by atoms with Gasteiger partial charge < -0.3 is 5.11 Å². The van der Waals surface area contributed by atoms with Crippen LogP contribution in [0, 0.1) is 5.41 Å². The minimum absolute atomic E-state index is 0.524. The zero-order valence-electron chi connectivity index (χ0n) is 9.23. The predicted octanol–water partition coefficient (Wildman–Crippen LogP) is 2.95. The molecule has 0 atom stereocenters. The van der Waals surface area contributed by atoms with Gasteiger partial charge in [-0.1, -0.05) is 6.07 Å². The Bertz CT molecular complexity index is 531. The van der Waals surface area contributed by atoms with E-state index in [0.717, 1.165) is 15.8 Å². The molecule has 0 bridgehead atoms. The highest BCUT2D eigenvalue weighted by molar-refractivity contribution is 7.16. The second-order valence-electron chi connectivity index (χ2n) is 4.52. The molecule has 1 heterocycles. The van der Waals surface area contributed by atoms with E-state index < -0.39 is 11.4 Å². The van der Waals surface area contributed by atoms with E-state index in [4.69, 9.17) is 5.11 Å². The van der Waals surface area contributed by atoms with Crippen LogP contribution in [0.2, 0.25) is 0 Å². The van der Waals surface area contributed by atoms with Gasteiger partial charge in [0.05, 0.1) is 21.1 Å². The van der Waals surface area contributed by atoms with Crippen molar-refractivity contribution in [2.24, 2.45) is 5.41 Å². The summed E-state index contributed by atoms with van der Waals surface area (Å²) >= 11 is 1.59. The second-order valence-corrected chi connectivity index (χ2v) is 5.41. The van der Waals surface area contributed by atoms with Gasteiger partial charge in [-0.3, -0.25) is 4.79 Å². The topological polar surface area (TPSA) is 50.2 Å². The van der Waals surface area contributed by atoms with Crippen LogP contribution >= 0.6 is 11.3 Å². The normalized spacial score (nSPS) is 11.9. The number of hydrogen-bond donors (Lipinski definition) is 1. The summed E-state index contributed by atoms with van der Waals surface area (Å²) < 4.78 is 1.14. The van der Waals surface area contributed by atoms with Gasteiger partial charge in [0.15, 0.2) is 0 Å². The van der Waals surface area contributed by atoms with Crippen LogP contribution in [0.25, 0.3) is 10.2 Å². The summed E-state index contributed by atoms with van der Waals surface area (Å²) in [5.74, 6) is -0.772. The SMILES string of the molecule is CC(C)(Cc1ccc2scnc2c1)C(=O)O. The lowest BCUT2D eigenvalue weighted by molar-refractivity contribution is -0.146. The molecule has 3 nitrogen and oxygen atoms in total. The molecule has 0 radical (unpaired) electrons. The standard InChI is InChI=1S/C12H13NO2S/c1-12(2,11(14)15)6-8-3-4-10-9(5-8)13-7-16-10/h3-5,7H,6H2,1-2H3,(H,14,15). The third kappa shape index (κ3) is 2.07. The van der Waals surface area contributed by atoms with Crippen LogP contribution < -0.4 is 0 Å². The maximum atomic E-state index is 11.0. The Balaban J connectivity index is 2.30. The molecule has 2 rings (SSSR count). The molecule has 84 valence electrons. The monoisotopic (exact) mass is 235 g/mol. The van der Waals surface area contributed by atoms with E-state index in [0.29, 0.717) is 6.42 Å². The zero-order valence-corrected chi connectivity index (χ0v) is 10.0. The van der Waals surface area contributed by atoms with E-state index in [-0.39, 0.29) is 0 Å². The van der Waals surface area contributed by atoms with Gasteiger partial charge in [-0.15, -0.1) is 11.3 Å². The van der Waals surface area contributed by atoms with Gasteiger partial charge in [-0.2, -0.15) is 0 Å². The average molecular weight is 235 g/mol. The molecule has 4 heteroatoms. The van der Waals surface area contributed by atoms with Crippen molar-refractivity contribution in [3.8, 4) is 0 Å². The quantitative estimate of drug-likeness (QED) is 0.889. The van der Waals surface area contributed by atoms with Crippen LogP contribution in [0.1, 0.15) is 19.4 Å². The maximum absolute atomic E-state index is 11.0. The van der Waals surface area contributed by atoms with Gasteiger partial charge in [0.2, 0.25) is 0 Å². The molecule has 0 aliphatic rings. The van der Waals surface area contributed by atoms with Crippen molar-refractivity contribution in [1.29, 1.82) is 0 Å². The van der Waals surface area contributed by atoms with Crippen molar-refractivity contribution in [2.75, 3.05) is 0 Å². The number of aromatic nitrogens is 1. The molecule has 0 amide bonds. The van der Waals surface area contributed by atoms with Crippen molar-refractivity contribution < 1.29 is 9.90 Å². The Morgan fingerprint density at radius 1 is 1.50 bits per heavy atom. The second kappa shape index (κ2) is 3.87. The number of aliphatic carboxylic acids is 1. The molecule has 0 fully saturated rings. The van der Waals surface area contributed by atoms with Crippen LogP contribution in [-0.4, -0.2) is 16.1 Å². The van der Waals surface area contributed by atoms with Crippen molar-refractivity contribution >= 4 is 27.5 Å². The third-order valence-corrected chi connectivity index (χ3v) is 3.43. The van der Waals surface area contributed by atoms with Gasteiger partial charge >= 0.3 is 5.97 Å². The third-order valence-electron chi connectivity index (χ3n) is 2.62. The van der Waals surface area contributed by atoms with Crippen molar-refractivity contribution in [1.82, 2.24) is 4.98 Å². The molecule has 0 spiro atoms. The minimum Gasteiger partial charge on any atom is -0.481 e. The molecule has 1 aromatic carbocycles. The molecule has 2 aromatic rings. The summed E-state index contributed by atoms with van der Waals surface area (Å²) in [6.07, 6.45) is 0.524. The highest BCUT2D eigenvalue weighted by Crippen LogP contribution is 2.25. The number of rotatable bonds is 3. The van der Waals surface area contributed by atoms with Gasteiger partial charge in [0.1, 0.15) is 0 Å². The highest BCUT2D eigenvalue weighted by Gasteiger charge is 2.27. The number of carbonyl (C=O) groups is 1. The molecule has 0 unspecified atom stereocenters. The highest BCUT2D eigenvalue weighted by atomic mass is 32.1. The van der Waals surface area contributed by atoms with Crippen LogP contribution in [0.3, 0.4) is 0 Å². The van der Waals surface area contributed by atoms with Crippen LogP contribution in [0.4, 0.5) is 0 Å². The van der Waals surface area contributed by atoms with Crippen LogP contribution in [-0.2, 0) is 11.2 Å². The first-order valence-corrected chi connectivity index (χ1v) is 5.92. The smallest absolute Gasteiger partial charge is 0.309 e. The zero-order chi connectivity index (χ0) is 11.8. The number of carboxylic acids is 1. The van der Waals surface area contributed by atoms with E-state index in [1.807, 2.05) is 18.2 Å². The van der Waals surface area contributed by atoms with Gasteiger partial charge in [0.25, 0.3) is 0 Å². The van der Waals surface area contributed by atoms with Gasteiger partial charge in [0, 0.05) is 0 Å². The largest absolute Gasteiger partial charge is 0.481 e. The Hall–Kier alpha value is -1.42. The lowest BCUT2D eigenvalue weighted by Crippen LogP contribution is -2.26. The summed E-state index contributed by atoms with van der Waals surface area (Å²) in [6.45, 7) is 3.47. The maximum Gasteiger partial charge on any atom is 0.309 e. The fourth-order valence-corrected chi connectivity index (χ4v) is 2.26. The minimum atomic E-state index is -0.772. The predicted molar refractivity (Wildman–Crippen MR) is 64.7 cm³/mol. The molecule has 16 heavy (non-hydrogen) atoms. The summed E-state index contributed by atoms with van der Waals surface area (Å²) in [5, 5.41) is 9.06. The molecule has 1 N–H and O–H groups in total. The molecule has 1 aromatic heterocycles. The van der Waals surface area contributed by atoms with Crippen LogP contribution in [0.15, 0.2) is 23.7 Å². The molecular weight excluding hydrogens is 222 g/mol. The van der Waals surface area contributed by atoms with E-state index in [9.17, 15) is 4.79 Å². The summed E-state index contributed by atoms with van der Waals surface area (Å²) in [4.78, 5) is 15.3. The first kappa shape index (κ1) is 11.1. The Kier molecular flexibility index (Phi) is 2.68. The molecule has 0 saturated heterocycles. The summed E-state index contributed by atoms with van der Waals surface area (Å²) in [5.41, 5.74) is 3.04. The number of hydrogen-bond acceptors (Lipinski definition) is 3.